The SMILES string of the molecule is CC=CC(=O)Nc1cc([N+](=O)[O-])c(F)cc1F. The van der Waals surface area contributed by atoms with Crippen LogP contribution in [0.15, 0.2) is 24.3 Å². The highest BCUT2D eigenvalue weighted by molar-refractivity contribution is 5.99. The highest BCUT2D eigenvalue weighted by Crippen LogP contribution is 2.24. The maximum atomic E-state index is 13.2. The van der Waals surface area contributed by atoms with Crippen LogP contribution >= 0.6 is 0 Å². The molecule has 0 spiro atoms. The zero-order valence-corrected chi connectivity index (χ0v) is 8.74. The molecule has 0 aliphatic heterocycles. The van der Waals surface area contributed by atoms with Crippen molar-refractivity contribution in [2.24, 2.45) is 0 Å². The summed E-state index contributed by atoms with van der Waals surface area (Å²) in [6, 6.07) is 0.982. The predicted octanol–water partition coefficient (Wildman–Crippen LogP) is 2.39. The number of carbonyl (C=O) groups excluding carboxylic acids is 1. The molecule has 17 heavy (non-hydrogen) atoms. The molecular weight excluding hydrogens is 234 g/mol. The highest BCUT2D eigenvalue weighted by Gasteiger charge is 2.19. The normalized spacial score (nSPS) is 10.5. The molecule has 1 aromatic carbocycles. The van der Waals surface area contributed by atoms with Crippen LogP contribution < -0.4 is 5.32 Å². The number of benzene rings is 1. The standard InChI is InChI=1S/C10H8F2N2O3/c1-2-3-10(15)13-8-5-9(14(16)17)7(12)4-6(8)11/h2-5H,1H3,(H,13,15). The molecule has 7 heteroatoms. The number of halogens is 2. The van der Waals surface area contributed by atoms with Crippen molar-refractivity contribution >= 4 is 17.3 Å². The Morgan fingerprint density at radius 3 is 2.59 bits per heavy atom. The van der Waals surface area contributed by atoms with Gasteiger partial charge in [-0.3, -0.25) is 14.9 Å². The fourth-order valence-electron chi connectivity index (χ4n) is 1.10. The van der Waals surface area contributed by atoms with E-state index in [2.05, 4.69) is 5.32 Å². The van der Waals surface area contributed by atoms with Gasteiger partial charge in [-0.15, -0.1) is 0 Å². The Bertz CT molecular complexity index is 501. The number of carbonyl (C=O) groups is 1. The van der Waals surface area contributed by atoms with Gasteiger partial charge in [0, 0.05) is 12.1 Å². The number of nitro groups is 1. The lowest BCUT2D eigenvalue weighted by atomic mass is 10.2. The lowest BCUT2D eigenvalue weighted by molar-refractivity contribution is -0.387. The van der Waals surface area contributed by atoms with Gasteiger partial charge in [-0.2, -0.15) is 4.39 Å². The van der Waals surface area contributed by atoms with Crippen LogP contribution in [0.4, 0.5) is 20.2 Å². The molecule has 1 aromatic rings. The molecule has 0 unspecified atom stereocenters. The number of amides is 1. The molecule has 5 nitrogen and oxygen atoms in total. The monoisotopic (exact) mass is 242 g/mol. The summed E-state index contributed by atoms with van der Waals surface area (Å²) < 4.78 is 26.2. The molecule has 0 bridgehead atoms. The first-order chi connectivity index (χ1) is 7.95. The summed E-state index contributed by atoms with van der Waals surface area (Å²) in [5, 5.41) is 12.5. The van der Waals surface area contributed by atoms with Crippen LogP contribution in [0.1, 0.15) is 6.92 Å². The zero-order valence-electron chi connectivity index (χ0n) is 8.74. The number of nitrogens with one attached hydrogen (secondary N) is 1. The van der Waals surface area contributed by atoms with Gasteiger partial charge in [0.1, 0.15) is 5.82 Å². The molecule has 0 heterocycles. The molecule has 0 aromatic heterocycles. The summed E-state index contributed by atoms with van der Waals surface area (Å²) in [4.78, 5) is 20.5. The Kier molecular flexibility index (Phi) is 3.86. The Balaban J connectivity index is 3.12. The molecule has 0 aliphatic carbocycles. The van der Waals surface area contributed by atoms with E-state index >= 15 is 0 Å². The van der Waals surface area contributed by atoms with Crippen LogP contribution in [0.3, 0.4) is 0 Å². The van der Waals surface area contributed by atoms with Crippen LogP contribution in [0.2, 0.25) is 0 Å². The fourth-order valence-corrected chi connectivity index (χ4v) is 1.10. The Morgan fingerprint density at radius 2 is 2.06 bits per heavy atom. The van der Waals surface area contributed by atoms with Gasteiger partial charge in [-0.1, -0.05) is 6.08 Å². The fraction of sp³-hybridized carbons (Fsp3) is 0.100. The van der Waals surface area contributed by atoms with Crippen molar-refractivity contribution < 1.29 is 18.5 Å². The highest BCUT2D eigenvalue weighted by atomic mass is 19.1. The molecule has 1 N–H and O–H groups in total. The average molecular weight is 242 g/mol. The molecule has 0 saturated carbocycles. The van der Waals surface area contributed by atoms with E-state index in [1.165, 1.54) is 6.08 Å². The molecule has 0 aliphatic rings. The van der Waals surface area contributed by atoms with E-state index in [9.17, 15) is 23.7 Å². The second-order valence-corrected chi connectivity index (χ2v) is 3.03. The molecular formula is C10H8F2N2O3. The van der Waals surface area contributed by atoms with Crippen LogP contribution in [0.25, 0.3) is 0 Å². The number of hydrogen-bond donors (Lipinski definition) is 1. The van der Waals surface area contributed by atoms with Gasteiger partial charge < -0.3 is 5.32 Å². The largest absolute Gasteiger partial charge is 0.320 e. The van der Waals surface area contributed by atoms with Gasteiger partial charge in [0.25, 0.3) is 0 Å². The smallest absolute Gasteiger partial charge is 0.307 e. The third-order valence-corrected chi connectivity index (χ3v) is 1.81. The Hall–Kier alpha value is -2.31. The lowest BCUT2D eigenvalue weighted by Crippen LogP contribution is -2.10. The average Bonchev–Trinajstić information content (AvgIpc) is 2.21. The van der Waals surface area contributed by atoms with Gasteiger partial charge in [0.2, 0.25) is 11.7 Å². The van der Waals surface area contributed by atoms with Crippen LogP contribution in [-0.2, 0) is 4.79 Å². The third-order valence-electron chi connectivity index (χ3n) is 1.81. The van der Waals surface area contributed by atoms with E-state index in [4.69, 9.17) is 0 Å². The van der Waals surface area contributed by atoms with E-state index in [0.717, 1.165) is 6.08 Å². The van der Waals surface area contributed by atoms with Gasteiger partial charge in [-0.25, -0.2) is 4.39 Å². The maximum absolute atomic E-state index is 13.2. The number of hydrogen-bond acceptors (Lipinski definition) is 3. The summed E-state index contributed by atoms with van der Waals surface area (Å²) in [7, 11) is 0. The van der Waals surface area contributed by atoms with Crippen molar-refractivity contribution in [1.29, 1.82) is 0 Å². The van der Waals surface area contributed by atoms with Gasteiger partial charge in [-0.05, 0) is 13.0 Å². The van der Waals surface area contributed by atoms with Crippen LogP contribution in [0, 0.1) is 21.7 Å². The van der Waals surface area contributed by atoms with Crippen LogP contribution in [0.5, 0.6) is 0 Å². The summed E-state index contributed by atoms with van der Waals surface area (Å²) >= 11 is 0. The number of allylic oxidation sites excluding steroid dienone is 1. The van der Waals surface area contributed by atoms with Gasteiger partial charge in [0.15, 0.2) is 0 Å². The first-order valence-electron chi connectivity index (χ1n) is 4.52. The second kappa shape index (κ2) is 5.15. The summed E-state index contributed by atoms with van der Waals surface area (Å²) in [6.45, 7) is 1.57. The number of nitro benzene ring substituents is 1. The van der Waals surface area contributed by atoms with E-state index in [0.29, 0.717) is 12.1 Å². The molecule has 0 atom stereocenters. The Morgan fingerprint density at radius 1 is 1.41 bits per heavy atom. The zero-order chi connectivity index (χ0) is 13.0. The second-order valence-electron chi connectivity index (χ2n) is 3.03. The molecule has 1 amide bonds. The van der Waals surface area contributed by atoms with Crippen molar-refractivity contribution in [3.8, 4) is 0 Å². The summed E-state index contributed by atoms with van der Waals surface area (Å²) in [5.74, 6) is -3.03. The van der Waals surface area contributed by atoms with E-state index in [-0.39, 0.29) is 0 Å². The number of rotatable bonds is 3. The first-order valence-corrected chi connectivity index (χ1v) is 4.52. The predicted molar refractivity (Wildman–Crippen MR) is 56.5 cm³/mol. The minimum absolute atomic E-state index is 0.351. The van der Waals surface area contributed by atoms with Gasteiger partial charge >= 0.3 is 5.69 Å². The molecule has 90 valence electrons. The van der Waals surface area contributed by atoms with Crippen molar-refractivity contribution in [2.45, 2.75) is 6.92 Å². The van der Waals surface area contributed by atoms with Gasteiger partial charge in [0.05, 0.1) is 10.6 Å². The van der Waals surface area contributed by atoms with Crippen LogP contribution in [-0.4, -0.2) is 10.8 Å². The van der Waals surface area contributed by atoms with Crippen molar-refractivity contribution in [3.63, 3.8) is 0 Å². The number of nitrogens with zero attached hydrogens (tertiary/aromatic N) is 1. The summed E-state index contributed by atoms with van der Waals surface area (Å²) in [6.07, 6.45) is 2.51. The Labute approximate surface area is 94.9 Å². The van der Waals surface area contributed by atoms with E-state index in [1.807, 2.05) is 0 Å². The topological polar surface area (TPSA) is 72.2 Å². The minimum atomic E-state index is -1.29. The summed E-state index contributed by atoms with van der Waals surface area (Å²) in [5.41, 5.74) is -1.34. The number of anilines is 1. The quantitative estimate of drug-likeness (QED) is 0.502. The molecule has 0 fully saturated rings. The molecule has 0 radical (unpaired) electrons. The molecule has 1 rings (SSSR count). The minimum Gasteiger partial charge on any atom is -0.320 e. The van der Waals surface area contributed by atoms with Crippen molar-refractivity contribution in [2.75, 3.05) is 5.32 Å². The van der Waals surface area contributed by atoms with E-state index < -0.39 is 33.8 Å². The molecule has 0 saturated heterocycles. The third kappa shape index (κ3) is 3.07. The maximum Gasteiger partial charge on any atom is 0.307 e. The lowest BCUT2D eigenvalue weighted by Gasteiger charge is -2.04. The first kappa shape index (κ1) is 12.8. The van der Waals surface area contributed by atoms with E-state index in [1.54, 1.807) is 6.92 Å². The van der Waals surface area contributed by atoms with Crippen molar-refractivity contribution in [3.05, 3.63) is 46.0 Å². The van der Waals surface area contributed by atoms with Crippen molar-refractivity contribution in [1.82, 2.24) is 0 Å².